The molecule has 1 saturated heterocycles. The predicted octanol–water partition coefficient (Wildman–Crippen LogP) is 2.41. The zero-order chi connectivity index (χ0) is 16.7. The Labute approximate surface area is 135 Å². The van der Waals surface area contributed by atoms with Gasteiger partial charge in [0.2, 0.25) is 5.91 Å². The number of carbonyl (C=O) groups excluding carboxylic acids is 1. The van der Waals surface area contributed by atoms with Gasteiger partial charge in [0.25, 0.3) is 0 Å². The fourth-order valence-electron chi connectivity index (χ4n) is 2.11. The number of halogens is 2. The first kappa shape index (κ1) is 17.3. The molecular weight excluding hydrogens is 307 g/mol. The highest BCUT2D eigenvalue weighted by Gasteiger charge is 2.52. The molecule has 1 aliphatic heterocycles. The monoisotopic (exact) mass is 327 g/mol. The molecule has 4 nitrogen and oxygen atoms in total. The van der Waals surface area contributed by atoms with Crippen LogP contribution in [0.1, 0.15) is 40.2 Å². The molecule has 0 bridgehead atoms. The van der Waals surface area contributed by atoms with Crippen molar-refractivity contribution in [3.63, 3.8) is 0 Å². The van der Waals surface area contributed by atoms with E-state index >= 15 is 0 Å². The summed E-state index contributed by atoms with van der Waals surface area (Å²) in [7, 11) is -0.808. The van der Waals surface area contributed by atoms with Crippen LogP contribution < -0.4 is 10.8 Å². The number of nitrogens with one attached hydrogen (secondary N) is 1. The van der Waals surface area contributed by atoms with Crippen molar-refractivity contribution in [2.24, 2.45) is 0 Å². The smallest absolute Gasteiger partial charge is 0.399 e. The van der Waals surface area contributed by atoms with Gasteiger partial charge in [0.1, 0.15) is 5.82 Å². The van der Waals surface area contributed by atoms with E-state index in [1.807, 2.05) is 27.7 Å². The number of amides is 1. The summed E-state index contributed by atoms with van der Waals surface area (Å²) in [6, 6.07) is 2.80. The Morgan fingerprint density at radius 3 is 2.32 bits per heavy atom. The summed E-state index contributed by atoms with van der Waals surface area (Å²) in [5.41, 5.74) is -0.332. The first-order valence-corrected chi connectivity index (χ1v) is 7.49. The lowest BCUT2D eigenvalue weighted by Crippen LogP contribution is -2.41. The third-order valence-electron chi connectivity index (χ3n) is 4.20. The molecule has 1 fully saturated rings. The highest BCUT2D eigenvalue weighted by molar-refractivity contribution is 6.62. The van der Waals surface area contributed by atoms with Crippen LogP contribution in [0.3, 0.4) is 0 Å². The predicted molar refractivity (Wildman–Crippen MR) is 84.6 cm³/mol. The van der Waals surface area contributed by atoms with Gasteiger partial charge in [-0.2, -0.15) is 0 Å². The summed E-state index contributed by atoms with van der Waals surface area (Å²) < 4.78 is 26.0. The first-order valence-electron chi connectivity index (χ1n) is 7.11. The van der Waals surface area contributed by atoms with Crippen molar-refractivity contribution in [1.82, 2.24) is 5.32 Å². The zero-order valence-electron chi connectivity index (χ0n) is 13.4. The van der Waals surface area contributed by atoms with Crippen molar-refractivity contribution in [3.8, 4) is 0 Å². The van der Waals surface area contributed by atoms with Crippen molar-refractivity contribution in [1.29, 1.82) is 0 Å². The van der Waals surface area contributed by atoms with E-state index in [2.05, 4.69) is 5.32 Å². The number of benzene rings is 1. The van der Waals surface area contributed by atoms with Gasteiger partial charge in [-0.15, -0.1) is 0 Å². The zero-order valence-corrected chi connectivity index (χ0v) is 14.2. The SMILES string of the molecule is CC(=O)NCc1cc(F)c(B2OC(C)(C)C(C)(C)O2)cc1Cl. The summed E-state index contributed by atoms with van der Waals surface area (Å²) in [5, 5.41) is 2.95. The fraction of sp³-hybridized carbons (Fsp3) is 0.533. The Balaban J connectivity index is 2.27. The Kier molecular flexibility index (Phi) is 4.57. The second-order valence-electron chi connectivity index (χ2n) is 6.46. The molecule has 0 unspecified atom stereocenters. The van der Waals surface area contributed by atoms with Crippen molar-refractivity contribution < 1.29 is 18.5 Å². The van der Waals surface area contributed by atoms with Crippen LogP contribution in [0.25, 0.3) is 0 Å². The topological polar surface area (TPSA) is 47.6 Å². The molecule has 1 amide bonds. The number of rotatable bonds is 3. The molecule has 0 spiro atoms. The lowest BCUT2D eigenvalue weighted by atomic mass is 9.78. The molecule has 0 radical (unpaired) electrons. The highest BCUT2D eigenvalue weighted by Crippen LogP contribution is 2.36. The Bertz CT molecular complexity index is 591. The highest BCUT2D eigenvalue weighted by atomic mass is 35.5. The quantitative estimate of drug-likeness (QED) is 0.867. The van der Waals surface area contributed by atoms with Crippen molar-refractivity contribution in [3.05, 3.63) is 28.5 Å². The molecule has 0 aromatic heterocycles. The normalized spacial score (nSPS) is 19.3. The Morgan fingerprint density at radius 2 is 1.82 bits per heavy atom. The van der Waals surface area contributed by atoms with Crippen molar-refractivity contribution in [2.45, 2.75) is 52.4 Å². The molecule has 2 rings (SSSR count). The number of hydrogen-bond donors (Lipinski definition) is 1. The molecule has 1 aliphatic rings. The van der Waals surface area contributed by atoms with E-state index in [-0.39, 0.29) is 17.9 Å². The molecule has 120 valence electrons. The molecule has 0 saturated carbocycles. The van der Waals surface area contributed by atoms with Crippen molar-refractivity contribution >= 4 is 30.1 Å². The third-order valence-corrected chi connectivity index (χ3v) is 4.55. The van der Waals surface area contributed by atoms with Gasteiger partial charge >= 0.3 is 7.12 Å². The van der Waals surface area contributed by atoms with Crippen LogP contribution >= 0.6 is 11.6 Å². The van der Waals surface area contributed by atoms with Gasteiger partial charge in [-0.1, -0.05) is 11.6 Å². The van der Waals surface area contributed by atoms with Crippen LogP contribution in [0.15, 0.2) is 12.1 Å². The minimum absolute atomic E-state index is 0.175. The average Bonchev–Trinajstić information content (AvgIpc) is 2.58. The maximum absolute atomic E-state index is 14.4. The summed E-state index contributed by atoms with van der Waals surface area (Å²) in [4.78, 5) is 10.9. The van der Waals surface area contributed by atoms with Crippen LogP contribution in [0.2, 0.25) is 5.02 Å². The van der Waals surface area contributed by atoms with Crippen LogP contribution in [0.5, 0.6) is 0 Å². The van der Waals surface area contributed by atoms with Gasteiger partial charge in [0, 0.05) is 24.0 Å². The fourth-order valence-corrected chi connectivity index (χ4v) is 2.35. The van der Waals surface area contributed by atoms with Gasteiger partial charge in [0.15, 0.2) is 0 Å². The molecule has 1 aromatic rings. The van der Waals surface area contributed by atoms with Gasteiger partial charge in [-0.3, -0.25) is 4.79 Å². The molecule has 22 heavy (non-hydrogen) atoms. The summed E-state index contributed by atoms with van der Waals surface area (Å²) >= 11 is 6.18. The molecule has 1 heterocycles. The maximum atomic E-state index is 14.4. The van der Waals surface area contributed by atoms with Gasteiger partial charge in [-0.25, -0.2) is 4.39 Å². The van der Waals surface area contributed by atoms with E-state index < -0.39 is 24.1 Å². The van der Waals surface area contributed by atoms with Crippen LogP contribution in [-0.2, 0) is 20.6 Å². The molecule has 0 atom stereocenters. The summed E-state index contributed by atoms with van der Waals surface area (Å²) in [6.07, 6.45) is 0. The van der Waals surface area contributed by atoms with E-state index in [1.54, 1.807) is 0 Å². The molecule has 1 N–H and O–H groups in total. The number of hydrogen-bond acceptors (Lipinski definition) is 3. The van der Waals surface area contributed by atoms with Crippen LogP contribution in [0.4, 0.5) is 4.39 Å². The minimum atomic E-state index is -0.808. The van der Waals surface area contributed by atoms with E-state index in [0.717, 1.165) is 0 Å². The molecule has 0 aliphatic carbocycles. The molecular formula is C15H20BClFNO3. The summed E-state index contributed by atoms with van der Waals surface area (Å²) in [6.45, 7) is 9.17. The standard InChI is InChI=1S/C15H20BClFNO3/c1-9(20)19-8-10-6-13(18)11(7-12(10)17)16-21-14(2,3)15(4,5)22-16/h6-7H,8H2,1-5H3,(H,19,20). The maximum Gasteiger partial charge on any atom is 0.497 e. The lowest BCUT2D eigenvalue weighted by molar-refractivity contribution is -0.119. The van der Waals surface area contributed by atoms with E-state index in [4.69, 9.17) is 20.9 Å². The van der Waals surface area contributed by atoms with Crippen molar-refractivity contribution in [2.75, 3.05) is 0 Å². The molecule has 1 aromatic carbocycles. The van der Waals surface area contributed by atoms with E-state index in [1.165, 1.54) is 19.1 Å². The number of carbonyl (C=O) groups is 1. The Morgan fingerprint density at radius 1 is 1.27 bits per heavy atom. The van der Waals surface area contributed by atoms with E-state index in [9.17, 15) is 9.18 Å². The second-order valence-corrected chi connectivity index (χ2v) is 6.87. The third kappa shape index (κ3) is 3.29. The van der Waals surface area contributed by atoms with Crippen LogP contribution in [0, 0.1) is 5.82 Å². The minimum Gasteiger partial charge on any atom is -0.399 e. The summed E-state index contributed by atoms with van der Waals surface area (Å²) in [5.74, 6) is -0.672. The first-order chi connectivity index (χ1) is 10.0. The van der Waals surface area contributed by atoms with Crippen LogP contribution in [-0.4, -0.2) is 24.2 Å². The Hall–Kier alpha value is -1.11. The van der Waals surface area contributed by atoms with Gasteiger partial charge < -0.3 is 14.6 Å². The largest absolute Gasteiger partial charge is 0.497 e. The van der Waals surface area contributed by atoms with Gasteiger partial charge in [0.05, 0.1) is 11.2 Å². The lowest BCUT2D eigenvalue weighted by Gasteiger charge is -2.32. The van der Waals surface area contributed by atoms with E-state index in [0.29, 0.717) is 10.6 Å². The average molecular weight is 328 g/mol. The van der Waals surface area contributed by atoms with Gasteiger partial charge in [-0.05, 0) is 45.4 Å². The molecule has 7 heteroatoms. The second kappa shape index (κ2) is 5.83.